The summed E-state index contributed by atoms with van der Waals surface area (Å²) < 4.78 is 5.80. The van der Waals surface area contributed by atoms with Gasteiger partial charge in [0, 0.05) is 47.3 Å². The lowest BCUT2D eigenvalue weighted by molar-refractivity contribution is -0.385. The Morgan fingerprint density at radius 2 is 2.00 bits per heavy atom. The number of carbonyl (C=O) groups is 1. The lowest BCUT2D eigenvalue weighted by Gasteiger charge is -2.66. The number of halogens is 1. The van der Waals surface area contributed by atoms with Gasteiger partial charge < -0.3 is 20.1 Å². The summed E-state index contributed by atoms with van der Waals surface area (Å²) in [5.41, 5.74) is 1.71. The van der Waals surface area contributed by atoms with E-state index in [9.17, 15) is 20.0 Å². The molecular weight excluding hydrogens is 596 g/mol. The van der Waals surface area contributed by atoms with Crippen LogP contribution in [0.3, 0.4) is 0 Å². The van der Waals surface area contributed by atoms with Crippen LogP contribution < -0.4 is 10.1 Å². The molecule has 3 heterocycles. The van der Waals surface area contributed by atoms with E-state index in [0.29, 0.717) is 39.7 Å². The first kappa shape index (κ1) is 30.1. The van der Waals surface area contributed by atoms with Crippen LogP contribution in [-0.2, 0) is 6.61 Å². The maximum Gasteiger partial charge on any atom is 0.407 e. The molecule has 1 saturated carbocycles. The zero-order valence-corrected chi connectivity index (χ0v) is 25.7. The van der Waals surface area contributed by atoms with E-state index in [1.165, 1.54) is 17.3 Å². The van der Waals surface area contributed by atoms with Crippen LogP contribution >= 0.6 is 11.6 Å². The Bertz CT molecular complexity index is 1860. The first-order chi connectivity index (χ1) is 21.4. The van der Waals surface area contributed by atoms with Gasteiger partial charge in [0.15, 0.2) is 0 Å². The van der Waals surface area contributed by atoms with Crippen LogP contribution in [-0.4, -0.2) is 48.6 Å². The van der Waals surface area contributed by atoms with Crippen molar-refractivity contribution in [2.75, 3.05) is 11.9 Å². The number of hydrogen-bond donors (Lipinski definition) is 2. The molecule has 6 rings (SSSR count). The molecule has 1 saturated heterocycles. The summed E-state index contributed by atoms with van der Waals surface area (Å²) in [6, 6.07) is 13.7. The van der Waals surface area contributed by atoms with Gasteiger partial charge in [0.05, 0.1) is 21.2 Å². The molecule has 1 aliphatic carbocycles. The van der Waals surface area contributed by atoms with Gasteiger partial charge in [-0.2, -0.15) is 0 Å². The van der Waals surface area contributed by atoms with E-state index < -0.39 is 11.0 Å². The third kappa shape index (κ3) is 5.93. The van der Waals surface area contributed by atoms with Crippen LogP contribution in [0.1, 0.15) is 44.9 Å². The number of fused-ring (bicyclic) bond motifs is 1. The van der Waals surface area contributed by atoms with Gasteiger partial charge in [0.25, 0.3) is 5.69 Å². The number of rotatable bonds is 6. The Labute approximate surface area is 264 Å². The lowest BCUT2D eigenvalue weighted by atomic mass is 9.49. The number of nitrogens with one attached hydrogen (secondary N) is 1. The van der Waals surface area contributed by atoms with Crippen LogP contribution in [0.15, 0.2) is 61.1 Å². The molecule has 1 unspecified atom stereocenters. The Balaban J connectivity index is 1.20. The molecule has 1 spiro atoms. The maximum absolute atomic E-state index is 12.1. The predicted molar refractivity (Wildman–Crippen MR) is 170 cm³/mol. The third-order valence-corrected chi connectivity index (χ3v) is 8.70. The van der Waals surface area contributed by atoms with E-state index in [-0.39, 0.29) is 40.6 Å². The van der Waals surface area contributed by atoms with E-state index in [1.807, 2.05) is 18.2 Å². The van der Waals surface area contributed by atoms with Crippen molar-refractivity contribution in [2.45, 2.75) is 46.3 Å². The van der Waals surface area contributed by atoms with Crippen molar-refractivity contribution in [3.8, 4) is 17.6 Å². The number of nitrogens with zero attached hydrogens (tertiary/aromatic N) is 5. The minimum absolute atomic E-state index is 0.0318. The quantitative estimate of drug-likeness (QED) is 0.130. The number of nitro benzene ring substituents is 1. The van der Waals surface area contributed by atoms with E-state index in [0.717, 1.165) is 18.5 Å². The third-order valence-electron chi connectivity index (χ3n) is 8.41. The summed E-state index contributed by atoms with van der Waals surface area (Å²) in [6.45, 7) is 6.93. The largest absolute Gasteiger partial charge is 0.486 e. The highest BCUT2D eigenvalue weighted by molar-refractivity contribution is 6.32. The standard InChI is InChI=1S/C33H31ClN6O5/c1-32(2,3)30-33(18-39(30)31(41)42)15-20(16-33)7-8-21-12-26-24(14-27(21)40(43)44)29(37-19-36-26)38-22-9-10-28(25(34)13-22)45-17-23-6-4-5-11-35-23/h4-6,9-14,19-20,30H,15-18H2,1-3H3,(H,41,42)(H,36,37,38). The molecule has 2 fully saturated rings. The summed E-state index contributed by atoms with van der Waals surface area (Å²) in [5, 5.41) is 25.7. The molecule has 0 bridgehead atoms. The highest BCUT2D eigenvalue weighted by Gasteiger charge is 2.63. The van der Waals surface area contributed by atoms with Gasteiger partial charge in [-0.05, 0) is 54.7 Å². The van der Waals surface area contributed by atoms with Crippen LogP contribution in [0.25, 0.3) is 10.9 Å². The molecule has 2 N–H and O–H groups in total. The number of hydrogen-bond acceptors (Lipinski definition) is 8. The number of carboxylic acid groups (broad SMARTS) is 1. The first-order valence-electron chi connectivity index (χ1n) is 14.5. The van der Waals surface area contributed by atoms with Gasteiger partial charge in [0.1, 0.15) is 30.1 Å². The van der Waals surface area contributed by atoms with Gasteiger partial charge >= 0.3 is 6.09 Å². The van der Waals surface area contributed by atoms with Crippen molar-refractivity contribution in [1.82, 2.24) is 19.9 Å². The fourth-order valence-corrected chi connectivity index (χ4v) is 7.00. The van der Waals surface area contributed by atoms with Gasteiger partial charge in [-0.3, -0.25) is 15.1 Å². The Morgan fingerprint density at radius 1 is 1.20 bits per heavy atom. The van der Waals surface area contributed by atoms with E-state index in [1.54, 1.807) is 30.5 Å². The number of likely N-dealkylation sites (tertiary alicyclic amines) is 1. The average molecular weight is 627 g/mol. The van der Waals surface area contributed by atoms with Crippen molar-refractivity contribution >= 4 is 45.8 Å². The number of benzene rings is 2. The molecular formula is C33H31ClN6O5. The summed E-state index contributed by atoms with van der Waals surface area (Å²) in [6.07, 6.45) is 3.70. The SMILES string of the molecule is CC(C)(C)C1N(C(=O)O)CC12CC(C#Cc1cc3ncnc(Nc4ccc(OCc5ccccn5)c(Cl)c4)c3cc1[N+](=O)[O-])C2. The molecule has 2 aromatic carbocycles. The predicted octanol–water partition coefficient (Wildman–Crippen LogP) is 7.07. The molecule has 1 aliphatic heterocycles. The number of pyridine rings is 1. The van der Waals surface area contributed by atoms with Crippen LogP contribution in [0, 0.1) is 38.7 Å². The minimum atomic E-state index is -0.900. The zero-order chi connectivity index (χ0) is 31.9. The first-order valence-corrected chi connectivity index (χ1v) is 14.8. The van der Waals surface area contributed by atoms with Gasteiger partial charge in [0.2, 0.25) is 0 Å². The minimum Gasteiger partial charge on any atom is -0.486 e. The van der Waals surface area contributed by atoms with E-state index in [2.05, 4.69) is 52.9 Å². The van der Waals surface area contributed by atoms with Crippen molar-refractivity contribution in [2.24, 2.45) is 16.7 Å². The second-order valence-electron chi connectivity index (χ2n) is 12.7. The second-order valence-corrected chi connectivity index (χ2v) is 13.1. The summed E-state index contributed by atoms with van der Waals surface area (Å²) in [4.78, 5) is 37.8. The van der Waals surface area contributed by atoms with Crippen LogP contribution in [0.4, 0.5) is 22.0 Å². The highest BCUT2D eigenvalue weighted by Crippen LogP contribution is 2.60. The van der Waals surface area contributed by atoms with Gasteiger partial charge in [-0.1, -0.05) is 50.3 Å². The Hall–Kier alpha value is -4.95. The fraction of sp³-hybridized carbons (Fsp3) is 0.333. The fourth-order valence-electron chi connectivity index (χ4n) is 6.77. The lowest BCUT2D eigenvalue weighted by Crippen LogP contribution is -2.74. The maximum atomic E-state index is 12.1. The molecule has 4 aromatic rings. The average Bonchev–Trinajstić information content (AvgIpc) is 2.94. The topological polar surface area (TPSA) is 144 Å². The summed E-state index contributed by atoms with van der Waals surface area (Å²) >= 11 is 6.48. The number of anilines is 2. The molecule has 2 aromatic heterocycles. The van der Waals surface area contributed by atoms with Crippen molar-refractivity contribution in [3.05, 3.63) is 87.4 Å². The molecule has 45 heavy (non-hydrogen) atoms. The van der Waals surface area contributed by atoms with E-state index in [4.69, 9.17) is 16.3 Å². The summed E-state index contributed by atoms with van der Waals surface area (Å²) in [7, 11) is 0. The molecule has 12 heteroatoms. The van der Waals surface area contributed by atoms with Crippen LogP contribution in [0.2, 0.25) is 5.02 Å². The zero-order valence-electron chi connectivity index (χ0n) is 25.0. The van der Waals surface area contributed by atoms with Crippen LogP contribution in [0.5, 0.6) is 5.75 Å². The second kappa shape index (κ2) is 11.5. The molecule has 0 radical (unpaired) electrons. The van der Waals surface area contributed by atoms with Crippen molar-refractivity contribution in [3.63, 3.8) is 0 Å². The monoisotopic (exact) mass is 626 g/mol. The number of ether oxygens (including phenoxy) is 1. The molecule has 230 valence electrons. The molecule has 11 nitrogen and oxygen atoms in total. The normalized spacial score (nSPS) is 20.5. The molecule has 1 amide bonds. The highest BCUT2D eigenvalue weighted by atomic mass is 35.5. The Kier molecular flexibility index (Phi) is 7.70. The van der Waals surface area contributed by atoms with Crippen molar-refractivity contribution < 1.29 is 19.6 Å². The van der Waals surface area contributed by atoms with E-state index >= 15 is 0 Å². The molecule has 1 atom stereocenters. The van der Waals surface area contributed by atoms with Gasteiger partial charge in [-0.15, -0.1) is 0 Å². The number of aromatic nitrogens is 3. The number of nitro groups is 1. The number of amides is 1. The smallest absolute Gasteiger partial charge is 0.407 e. The van der Waals surface area contributed by atoms with Crippen molar-refractivity contribution in [1.29, 1.82) is 0 Å². The van der Waals surface area contributed by atoms with Gasteiger partial charge in [-0.25, -0.2) is 14.8 Å². The Morgan fingerprint density at radius 3 is 2.67 bits per heavy atom. The summed E-state index contributed by atoms with van der Waals surface area (Å²) in [5.74, 6) is 7.14. The molecule has 2 aliphatic rings.